The van der Waals surface area contributed by atoms with Crippen LogP contribution in [-0.4, -0.2) is 10.6 Å². The van der Waals surface area contributed by atoms with Crippen LogP contribution >= 0.6 is 11.6 Å². The maximum atomic E-state index is 13.0. The topological polar surface area (TPSA) is 46.2 Å². The summed E-state index contributed by atoms with van der Waals surface area (Å²) in [5.41, 5.74) is 6.11. The zero-order valence-electron chi connectivity index (χ0n) is 7.56. The predicted molar refractivity (Wildman–Crippen MR) is 52.9 cm³/mol. The summed E-state index contributed by atoms with van der Waals surface area (Å²) < 4.78 is 13.0. The van der Waals surface area contributed by atoms with Crippen molar-refractivity contribution in [1.29, 1.82) is 0 Å². The van der Waals surface area contributed by atoms with Gasteiger partial charge in [0, 0.05) is 11.1 Å². The Bertz CT molecular complexity index is 377. The highest BCUT2D eigenvalue weighted by molar-refractivity contribution is 6.32. The van der Waals surface area contributed by atoms with Crippen molar-refractivity contribution in [3.05, 3.63) is 28.5 Å². The van der Waals surface area contributed by atoms with E-state index in [0.717, 1.165) is 18.9 Å². The average molecular weight is 216 g/mol. The van der Waals surface area contributed by atoms with Gasteiger partial charge in [-0.15, -0.1) is 0 Å². The van der Waals surface area contributed by atoms with Gasteiger partial charge in [0.1, 0.15) is 11.6 Å². The molecule has 1 aliphatic rings. The summed E-state index contributed by atoms with van der Waals surface area (Å²) in [6.45, 7) is 0. The van der Waals surface area contributed by atoms with Crippen molar-refractivity contribution in [3.8, 4) is 5.75 Å². The fraction of sp³-hybridized carbons (Fsp3) is 0.400. The van der Waals surface area contributed by atoms with E-state index in [9.17, 15) is 9.50 Å². The lowest BCUT2D eigenvalue weighted by molar-refractivity contribution is 0.461. The molecule has 0 bridgehead atoms. The van der Waals surface area contributed by atoms with Crippen molar-refractivity contribution < 1.29 is 9.50 Å². The highest BCUT2D eigenvalue weighted by atomic mass is 35.5. The first-order chi connectivity index (χ1) is 6.50. The van der Waals surface area contributed by atoms with E-state index < -0.39 is 5.82 Å². The van der Waals surface area contributed by atoms with E-state index in [-0.39, 0.29) is 16.3 Å². The Balaban J connectivity index is 2.32. The van der Waals surface area contributed by atoms with E-state index in [0.29, 0.717) is 12.0 Å². The molecule has 0 atom stereocenters. The lowest BCUT2D eigenvalue weighted by Crippen LogP contribution is -2.24. The Hall–Kier alpha value is -0.800. The van der Waals surface area contributed by atoms with Gasteiger partial charge in [0.25, 0.3) is 0 Å². The molecule has 0 saturated heterocycles. The first kappa shape index (κ1) is 9.74. The molecule has 14 heavy (non-hydrogen) atoms. The zero-order chi connectivity index (χ0) is 10.3. The van der Waals surface area contributed by atoms with Gasteiger partial charge in [0.05, 0.1) is 5.02 Å². The molecule has 1 aromatic carbocycles. The number of hydrogen-bond donors (Lipinski definition) is 2. The molecule has 1 aromatic rings. The summed E-state index contributed by atoms with van der Waals surface area (Å²) in [6.07, 6.45) is 2.32. The molecule has 1 fully saturated rings. The van der Waals surface area contributed by atoms with Crippen LogP contribution in [0.3, 0.4) is 0 Å². The quantitative estimate of drug-likeness (QED) is 0.795. The minimum Gasteiger partial charge on any atom is -0.506 e. The van der Waals surface area contributed by atoms with Crippen molar-refractivity contribution in [3.63, 3.8) is 0 Å². The third-order valence-corrected chi connectivity index (χ3v) is 2.83. The van der Waals surface area contributed by atoms with Gasteiger partial charge in [-0.25, -0.2) is 4.39 Å². The van der Waals surface area contributed by atoms with Gasteiger partial charge < -0.3 is 10.8 Å². The van der Waals surface area contributed by atoms with Gasteiger partial charge in [-0.05, 0) is 31.4 Å². The van der Waals surface area contributed by atoms with E-state index in [4.69, 9.17) is 17.3 Å². The first-order valence-electron chi connectivity index (χ1n) is 4.46. The maximum absolute atomic E-state index is 13.0. The molecule has 0 aliphatic heterocycles. The number of halogens is 2. The number of rotatable bonds is 2. The number of nitrogens with two attached hydrogens (primary N) is 1. The van der Waals surface area contributed by atoms with Crippen LogP contribution in [0.2, 0.25) is 5.02 Å². The van der Waals surface area contributed by atoms with Crippen molar-refractivity contribution in [2.24, 2.45) is 5.73 Å². The SMILES string of the molecule is NC1(Cc2cc(F)cc(Cl)c2O)CC1. The van der Waals surface area contributed by atoms with Crippen LogP contribution in [0.15, 0.2) is 12.1 Å². The monoisotopic (exact) mass is 215 g/mol. The molecule has 0 radical (unpaired) electrons. The van der Waals surface area contributed by atoms with E-state index in [1.165, 1.54) is 6.07 Å². The van der Waals surface area contributed by atoms with E-state index in [1.807, 2.05) is 0 Å². The van der Waals surface area contributed by atoms with Crippen molar-refractivity contribution in [2.45, 2.75) is 24.8 Å². The van der Waals surface area contributed by atoms with Gasteiger partial charge in [-0.3, -0.25) is 0 Å². The molecule has 2 nitrogen and oxygen atoms in total. The Labute approximate surface area is 86.5 Å². The zero-order valence-corrected chi connectivity index (χ0v) is 8.31. The molecular formula is C10H11ClFNO. The van der Waals surface area contributed by atoms with Crippen LogP contribution in [0, 0.1) is 5.82 Å². The van der Waals surface area contributed by atoms with Crippen LogP contribution in [-0.2, 0) is 6.42 Å². The van der Waals surface area contributed by atoms with Gasteiger partial charge in [-0.1, -0.05) is 11.6 Å². The molecule has 4 heteroatoms. The lowest BCUT2D eigenvalue weighted by Gasteiger charge is -2.11. The molecule has 3 N–H and O–H groups in total. The fourth-order valence-electron chi connectivity index (χ4n) is 1.47. The van der Waals surface area contributed by atoms with Gasteiger partial charge in [0.2, 0.25) is 0 Å². The molecular weight excluding hydrogens is 205 g/mol. The molecule has 0 spiro atoms. The normalized spacial score (nSPS) is 18.2. The van der Waals surface area contributed by atoms with Crippen LogP contribution in [0.1, 0.15) is 18.4 Å². The number of benzene rings is 1. The lowest BCUT2D eigenvalue weighted by atomic mass is 10.0. The summed E-state index contributed by atoms with van der Waals surface area (Å²) >= 11 is 5.64. The van der Waals surface area contributed by atoms with Gasteiger partial charge in [-0.2, -0.15) is 0 Å². The highest BCUT2D eigenvalue weighted by Gasteiger charge is 2.38. The smallest absolute Gasteiger partial charge is 0.137 e. The first-order valence-corrected chi connectivity index (χ1v) is 4.84. The number of hydrogen-bond acceptors (Lipinski definition) is 2. The molecule has 0 aromatic heterocycles. The summed E-state index contributed by atoms with van der Waals surface area (Å²) in [4.78, 5) is 0. The Morgan fingerprint density at radius 3 is 2.71 bits per heavy atom. The van der Waals surface area contributed by atoms with E-state index in [2.05, 4.69) is 0 Å². The maximum Gasteiger partial charge on any atom is 0.137 e. The van der Waals surface area contributed by atoms with Crippen LogP contribution in [0.25, 0.3) is 0 Å². The summed E-state index contributed by atoms with van der Waals surface area (Å²) in [6, 6.07) is 2.38. The third-order valence-electron chi connectivity index (χ3n) is 2.54. The molecule has 0 amide bonds. The second kappa shape index (κ2) is 3.11. The van der Waals surface area contributed by atoms with Crippen molar-refractivity contribution in [1.82, 2.24) is 0 Å². The summed E-state index contributed by atoms with van der Waals surface area (Å²) in [5, 5.41) is 9.60. The number of phenols is 1. The van der Waals surface area contributed by atoms with E-state index in [1.54, 1.807) is 0 Å². The minimum atomic E-state index is -0.438. The molecule has 0 heterocycles. The third kappa shape index (κ3) is 1.83. The largest absolute Gasteiger partial charge is 0.506 e. The van der Waals surface area contributed by atoms with Crippen molar-refractivity contribution >= 4 is 11.6 Å². The van der Waals surface area contributed by atoms with Crippen LogP contribution in [0.4, 0.5) is 4.39 Å². The highest BCUT2D eigenvalue weighted by Crippen LogP contribution is 2.39. The molecule has 76 valence electrons. The Morgan fingerprint density at radius 1 is 1.50 bits per heavy atom. The Kier molecular flexibility index (Phi) is 2.16. The Morgan fingerprint density at radius 2 is 2.14 bits per heavy atom. The second-order valence-corrected chi connectivity index (χ2v) is 4.34. The standard InChI is InChI=1S/C10H11ClFNO/c11-8-4-7(12)3-6(9(8)14)5-10(13)1-2-10/h3-4,14H,1-2,5,13H2. The molecule has 1 aliphatic carbocycles. The summed E-state index contributed by atoms with van der Waals surface area (Å²) in [5.74, 6) is -0.489. The molecule has 1 saturated carbocycles. The van der Waals surface area contributed by atoms with Gasteiger partial charge >= 0.3 is 0 Å². The van der Waals surface area contributed by atoms with Crippen LogP contribution in [0.5, 0.6) is 5.75 Å². The predicted octanol–water partition coefficient (Wildman–Crippen LogP) is 2.22. The number of phenolic OH excluding ortho intramolecular Hbond substituents is 1. The summed E-state index contributed by atoms with van der Waals surface area (Å²) in [7, 11) is 0. The second-order valence-electron chi connectivity index (χ2n) is 3.93. The molecule has 2 rings (SSSR count). The van der Waals surface area contributed by atoms with Crippen molar-refractivity contribution in [2.75, 3.05) is 0 Å². The molecule has 0 unspecified atom stereocenters. The van der Waals surface area contributed by atoms with Crippen LogP contribution < -0.4 is 5.73 Å². The fourth-order valence-corrected chi connectivity index (χ4v) is 1.70. The number of aromatic hydroxyl groups is 1. The van der Waals surface area contributed by atoms with E-state index >= 15 is 0 Å². The average Bonchev–Trinajstić information content (AvgIpc) is 2.79. The minimum absolute atomic E-state index is 0.0456. The van der Waals surface area contributed by atoms with Gasteiger partial charge in [0.15, 0.2) is 0 Å².